The molecule has 0 fully saturated rings. The smallest absolute Gasteiger partial charge is 0.205 e. The summed E-state index contributed by atoms with van der Waals surface area (Å²) in [6, 6.07) is 13.9. The Balaban J connectivity index is 2.37. The van der Waals surface area contributed by atoms with Crippen LogP contribution < -0.4 is 5.73 Å². The van der Waals surface area contributed by atoms with E-state index in [1.807, 2.05) is 30.5 Å². The van der Waals surface area contributed by atoms with E-state index in [9.17, 15) is 0 Å². The molecular formula is C16H14N4. The molecule has 4 nitrogen and oxygen atoms in total. The number of nitriles is 1. The summed E-state index contributed by atoms with van der Waals surface area (Å²) >= 11 is 0. The Morgan fingerprint density at radius 3 is 2.50 bits per heavy atom. The molecular weight excluding hydrogens is 248 g/mol. The fourth-order valence-electron chi connectivity index (χ4n) is 2.56. The number of imidazole rings is 1. The lowest BCUT2D eigenvalue weighted by Gasteiger charge is -2.09. The number of fused-ring (bicyclic) bond motifs is 1. The van der Waals surface area contributed by atoms with Crippen molar-refractivity contribution in [3.8, 4) is 11.8 Å². The second-order valence-corrected chi connectivity index (χ2v) is 4.94. The van der Waals surface area contributed by atoms with Crippen LogP contribution in [0.4, 0.5) is 5.95 Å². The third-order valence-electron chi connectivity index (χ3n) is 3.30. The number of para-hydroxylation sites is 1. The number of aromatic nitrogens is 2. The Morgan fingerprint density at radius 2 is 1.85 bits per heavy atom. The summed E-state index contributed by atoms with van der Waals surface area (Å²) < 4.78 is 1.89. The number of nitrogen functional groups attached to an aromatic ring is 1. The zero-order chi connectivity index (χ0) is 14.3. The van der Waals surface area contributed by atoms with Crippen LogP contribution in [-0.4, -0.2) is 9.55 Å². The van der Waals surface area contributed by atoms with E-state index >= 15 is 0 Å². The first kappa shape index (κ1) is 12.2. The van der Waals surface area contributed by atoms with Crippen molar-refractivity contribution in [2.75, 3.05) is 5.73 Å². The lowest BCUT2D eigenvalue weighted by Crippen LogP contribution is -2.01. The lowest BCUT2D eigenvalue weighted by molar-refractivity contribution is 1.10. The van der Waals surface area contributed by atoms with Crippen LogP contribution in [0.15, 0.2) is 36.4 Å². The van der Waals surface area contributed by atoms with Crippen molar-refractivity contribution in [3.05, 3.63) is 53.1 Å². The predicted molar refractivity (Wildman–Crippen MR) is 79.7 cm³/mol. The van der Waals surface area contributed by atoms with Gasteiger partial charge < -0.3 is 5.73 Å². The van der Waals surface area contributed by atoms with E-state index in [0.717, 1.165) is 22.3 Å². The van der Waals surface area contributed by atoms with Crippen molar-refractivity contribution in [1.29, 1.82) is 5.26 Å². The Morgan fingerprint density at radius 1 is 1.15 bits per heavy atom. The molecule has 0 bridgehead atoms. The first-order valence-electron chi connectivity index (χ1n) is 6.36. The number of nitrogens with two attached hydrogens (primary N) is 1. The van der Waals surface area contributed by atoms with Crippen molar-refractivity contribution in [2.45, 2.75) is 13.8 Å². The monoisotopic (exact) mass is 262 g/mol. The highest BCUT2D eigenvalue weighted by atomic mass is 15.2. The van der Waals surface area contributed by atoms with Crippen LogP contribution in [0, 0.1) is 25.2 Å². The molecule has 1 aromatic heterocycles. The van der Waals surface area contributed by atoms with Crippen molar-refractivity contribution >= 4 is 17.0 Å². The maximum absolute atomic E-state index is 9.15. The highest BCUT2D eigenvalue weighted by Gasteiger charge is 2.13. The Hall–Kier alpha value is -2.80. The van der Waals surface area contributed by atoms with Gasteiger partial charge in [-0.25, -0.2) is 4.98 Å². The molecule has 0 aliphatic heterocycles. The second kappa shape index (κ2) is 4.39. The Bertz CT molecular complexity index is 833. The first-order valence-corrected chi connectivity index (χ1v) is 6.36. The molecule has 20 heavy (non-hydrogen) atoms. The quantitative estimate of drug-likeness (QED) is 0.732. The minimum atomic E-state index is 0.396. The van der Waals surface area contributed by atoms with Crippen LogP contribution in [0.1, 0.15) is 16.7 Å². The summed E-state index contributed by atoms with van der Waals surface area (Å²) in [5, 5.41) is 9.15. The zero-order valence-electron chi connectivity index (χ0n) is 11.4. The van der Waals surface area contributed by atoms with Crippen molar-refractivity contribution in [3.63, 3.8) is 0 Å². The molecule has 0 aliphatic rings. The van der Waals surface area contributed by atoms with Gasteiger partial charge in [-0.2, -0.15) is 5.26 Å². The predicted octanol–water partition coefficient (Wildman–Crippen LogP) is 3.10. The maximum Gasteiger partial charge on any atom is 0.205 e. The molecule has 0 spiro atoms. The van der Waals surface area contributed by atoms with Crippen LogP contribution in [0.3, 0.4) is 0 Å². The molecule has 0 atom stereocenters. The van der Waals surface area contributed by atoms with E-state index in [-0.39, 0.29) is 0 Å². The minimum Gasteiger partial charge on any atom is -0.369 e. The van der Waals surface area contributed by atoms with Gasteiger partial charge in [0, 0.05) is 5.69 Å². The van der Waals surface area contributed by atoms with E-state index < -0.39 is 0 Å². The molecule has 3 aromatic rings. The molecule has 0 saturated heterocycles. The van der Waals surface area contributed by atoms with Crippen LogP contribution in [-0.2, 0) is 0 Å². The van der Waals surface area contributed by atoms with Crippen LogP contribution in [0.25, 0.3) is 16.7 Å². The van der Waals surface area contributed by atoms with Crippen LogP contribution in [0.5, 0.6) is 0 Å². The average Bonchev–Trinajstić information content (AvgIpc) is 2.73. The molecule has 4 heteroatoms. The second-order valence-electron chi connectivity index (χ2n) is 4.94. The van der Waals surface area contributed by atoms with Crippen LogP contribution in [0.2, 0.25) is 0 Å². The molecule has 0 saturated carbocycles. The van der Waals surface area contributed by atoms with E-state index in [2.05, 4.69) is 29.3 Å². The van der Waals surface area contributed by atoms with Crippen molar-refractivity contribution in [2.24, 2.45) is 0 Å². The molecule has 0 unspecified atom stereocenters. The zero-order valence-corrected chi connectivity index (χ0v) is 11.4. The third-order valence-corrected chi connectivity index (χ3v) is 3.30. The van der Waals surface area contributed by atoms with E-state index in [1.165, 1.54) is 0 Å². The Kier molecular flexibility index (Phi) is 2.69. The topological polar surface area (TPSA) is 67.6 Å². The van der Waals surface area contributed by atoms with Gasteiger partial charge in [0.25, 0.3) is 0 Å². The number of aryl methyl sites for hydroxylation is 2. The summed E-state index contributed by atoms with van der Waals surface area (Å²) in [4.78, 5) is 4.34. The number of benzene rings is 2. The van der Waals surface area contributed by atoms with Gasteiger partial charge in [0.1, 0.15) is 11.6 Å². The summed E-state index contributed by atoms with van der Waals surface area (Å²) in [6.07, 6.45) is 0. The minimum absolute atomic E-state index is 0.396. The molecule has 1 heterocycles. The van der Waals surface area contributed by atoms with E-state index in [0.29, 0.717) is 17.0 Å². The van der Waals surface area contributed by atoms with Gasteiger partial charge in [-0.1, -0.05) is 12.1 Å². The van der Waals surface area contributed by atoms with Crippen LogP contribution >= 0.6 is 0 Å². The molecule has 2 aromatic carbocycles. The summed E-state index contributed by atoms with van der Waals surface area (Å²) in [5.41, 5.74) is 11.4. The highest BCUT2D eigenvalue weighted by molar-refractivity contribution is 5.85. The summed E-state index contributed by atoms with van der Waals surface area (Å²) in [7, 11) is 0. The number of hydrogen-bond acceptors (Lipinski definition) is 3. The van der Waals surface area contributed by atoms with Gasteiger partial charge >= 0.3 is 0 Å². The number of rotatable bonds is 1. The van der Waals surface area contributed by atoms with Crippen molar-refractivity contribution < 1.29 is 0 Å². The van der Waals surface area contributed by atoms with Crippen molar-refractivity contribution in [1.82, 2.24) is 9.55 Å². The largest absolute Gasteiger partial charge is 0.369 e. The fourth-order valence-corrected chi connectivity index (χ4v) is 2.56. The summed E-state index contributed by atoms with van der Waals surface area (Å²) in [5.74, 6) is 0.396. The molecule has 0 radical (unpaired) electrons. The van der Waals surface area contributed by atoms with E-state index in [1.54, 1.807) is 6.07 Å². The van der Waals surface area contributed by atoms with Gasteiger partial charge in [-0.05, 0) is 49.2 Å². The van der Waals surface area contributed by atoms with E-state index in [4.69, 9.17) is 11.0 Å². The molecule has 0 aliphatic carbocycles. The Labute approximate surface area is 117 Å². The van der Waals surface area contributed by atoms with Gasteiger partial charge in [0.05, 0.1) is 11.1 Å². The number of hydrogen-bond donors (Lipinski definition) is 1. The highest BCUT2D eigenvalue weighted by Crippen LogP contribution is 2.26. The molecule has 2 N–H and O–H groups in total. The summed E-state index contributed by atoms with van der Waals surface area (Å²) in [6.45, 7) is 4.10. The fraction of sp³-hybridized carbons (Fsp3) is 0.125. The van der Waals surface area contributed by atoms with Gasteiger partial charge in [-0.3, -0.25) is 4.57 Å². The molecule has 98 valence electrons. The van der Waals surface area contributed by atoms with Gasteiger partial charge in [-0.15, -0.1) is 0 Å². The normalized spacial score (nSPS) is 10.7. The third kappa shape index (κ3) is 1.81. The molecule has 3 rings (SSSR count). The van der Waals surface area contributed by atoms with Gasteiger partial charge in [0.15, 0.2) is 0 Å². The standard InChI is InChI=1S/C16H14N4/c1-10-6-11(2)8-13(7-10)20-14-5-3-4-12(9-17)15(14)19-16(20)18/h3-8H,1-2H3,(H2,18,19). The lowest BCUT2D eigenvalue weighted by atomic mass is 10.1. The number of nitrogens with zero attached hydrogens (tertiary/aromatic N) is 3. The average molecular weight is 262 g/mol. The van der Waals surface area contributed by atoms with Gasteiger partial charge in [0.2, 0.25) is 5.95 Å². The number of anilines is 1. The SMILES string of the molecule is Cc1cc(C)cc(-n2c(N)nc3c(C#N)cccc32)c1. The molecule has 0 amide bonds. The first-order chi connectivity index (χ1) is 9.60. The maximum atomic E-state index is 9.15.